The first-order valence-corrected chi connectivity index (χ1v) is 8.56. The van der Waals surface area contributed by atoms with Gasteiger partial charge >= 0.3 is 5.97 Å². The smallest absolute Gasteiger partial charge is 0.306 e. The fourth-order valence-corrected chi connectivity index (χ4v) is 2.56. The van der Waals surface area contributed by atoms with Crippen LogP contribution < -0.4 is 4.74 Å². The largest absolute Gasteiger partial charge is 0.497 e. The van der Waals surface area contributed by atoms with Gasteiger partial charge in [0, 0.05) is 32.0 Å². The molecule has 0 spiro atoms. The molecule has 136 valence electrons. The number of benzene rings is 1. The van der Waals surface area contributed by atoms with E-state index in [4.69, 9.17) is 14.2 Å². The van der Waals surface area contributed by atoms with Gasteiger partial charge < -0.3 is 14.2 Å². The van der Waals surface area contributed by atoms with Crippen LogP contribution in [-0.4, -0.2) is 36.1 Å². The second-order valence-electron chi connectivity index (χ2n) is 5.71. The van der Waals surface area contributed by atoms with Gasteiger partial charge in [0.05, 0.1) is 13.2 Å². The fraction of sp³-hybridized carbons (Fsp3) is 0.474. The number of hydrogen-bond donors (Lipinski definition) is 0. The second-order valence-corrected chi connectivity index (χ2v) is 5.71. The minimum Gasteiger partial charge on any atom is -0.497 e. The van der Waals surface area contributed by atoms with Crippen molar-refractivity contribution in [3.8, 4) is 5.75 Å². The summed E-state index contributed by atoms with van der Waals surface area (Å²) in [6, 6.07) is 9.28. The molecule has 2 atom stereocenters. The molecule has 2 aromatic rings. The highest BCUT2D eigenvalue weighted by atomic mass is 16.5. The Balaban J connectivity index is 2.09. The summed E-state index contributed by atoms with van der Waals surface area (Å²) in [6.45, 7) is 5.13. The van der Waals surface area contributed by atoms with Crippen LogP contribution in [0.4, 0.5) is 0 Å². The highest BCUT2D eigenvalue weighted by molar-refractivity contribution is 5.69. The van der Waals surface area contributed by atoms with Crippen LogP contribution in [0.15, 0.2) is 42.7 Å². The Morgan fingerprint density at radius 2 is 2.04 bits per heavy atom. The molecule has 0 aliphatic rings. The van der Waals surface area contributed by atoms with E-state index in [9.17, 15) is 4.79 Å². The van der Waals surface area contributed by atoms with Gasteiger partial charge in [-0.2, -0.15) is 5.10 Å². The van der Waals surface area contributed by atoms with Crippen LogP contribution in [0.1, 0.15) is 44.4 Å². The molecule has 1 heterocycles. The van der Waals surface area contributed by atoms with E-state index in [1.54, 1.807) is 18.0 Å². The highest BCUT2D eigenvalue weighted by Gasteiger charge is 2.25. The van der Waals surface area contributed by atoms with Crippen molar-refractivity contribution in [1.29, 1.82) is 0 Å². The lowest BCUT2D eigenvalue weighted by atomic mass is 10.0. The van der Waals surface area contributed by atoms with Crippen molar-refractivity contribution in [1.82, 2.24) is 9.78 Å². The normalized spacial score (nSPS) is 13.2. The summed E-state index contributed by atoms with van der Waals surface area (Å²) in [5, 5.41) is 4.27. The molecule has 0 bridgehead atoms. The van der Waals surface area contributed by atoms with E-state index in [1.165, 1.54) is 0 Å². The predicted octanol–water partition coefficient (Wildman–Crippen LogP) is 3.55. The molecule has 6 nitrogen and oxygen atoms in total. The number of hydrogen-bond acceptors (Lipinski definition) is 5. The van der Waals surface area contributed by atoms with E-state index in [0.717, 1.165) is 11.3 Å². The molecule has 0 radical (unpaired) electrons. The minimum absolute atomic E-state index is 0.126. The first-order chi connectivity index (χ1) is 12.2. The predicted molar refractivity (Wildman–Crippen MR) is 94.5 cm³/mol. The average molecular weight is 346 g/mol. The van der Waals surface area contributed by atoms with Crippen LogP contribution in [0.2, 0.25) is 0 Å². The monoisotopic (exact) mass is 346 g/mol. The number of rotatable bonds is 10. The molecular weight excluding hydrogens is 320 g/mol. The maximum absolute atomic E-state index is 12.3. The molecule has 0 unspecified atom stereocenters. The maximum Gasteiger partial charge on any atom is 0.306 e. The minimum atomic E-state index is -0.426. The molecule has 2 rings (SSSR count). The summed E-state index contributed by atoms with van der Waals surface area (Å²) < 4.78 is 18.0. The Morgan fingerprint density at radius 1 is 1.28 bits per heavy atom. The molecule has 0 aliphatic heterocycles. The van der Waals surface area contributed by atoms with Gasteiger partial charge in [0.1, 0.15) is 11.9 Å². The average Bonchev–Trinajstić information content (AvgIpc) is 3.18. The molecule has 0 N–H and O–H groups in total. The van der Waals surface area contributed by atoms with Crippen molar-refractivity contribution in [2.45, 2.75) is 38.8 Å². The number of carbonyl (C=O) groups excluding carboxylic acids is 1. The fourth-order valence-electron chi connectivity index (χ4n) is 2.56. The van der Waals surface area contributed by atoms with Crippen molar-refractivity contribution in [2.75, 3.05) is 20.3 Å². The molecule has 0 fully saturated rings. The molecule has 1 aromatic carbocycles. The zero-order chi connectivity index (χ0) is 18.1. The summed E-state index contributed by atoms with van der Waals surface area (Å²) in [7, 11) is 1.62. The first-order valence-electron chi connectivity index (χ1n) is 8.56. The SMILES string of the molecule is CCOCCCC(=O)O[C@H](c1ccc(OC)cc1)[C@@H](C)n1cccn1. The second kappa shape index (κ2) is 9.84. The Kier molecular flexibility index (Phi) is 7.47. The number of aromatic nitrogens is 2. The molecular formula is C19H26N2O4. The van der Waals surface area contributed by atoms with Crippen LogP contribution in [0.3, 0.4) is 0 Å². The van der Waals surface area contributed by atoms with Crippen molar-refractivity contribution >= 4 is 5.97 Å². The van der Waals surface area contributed by atoms with Gasteiger partial charge in [0.2, 0.25) is 0 Å². The van der Waals surface area contributed by atoms with E-state index in [2.05, 4.69) is 5.10 Å². The maximum atomic E-state index is 12.3. The van der Waals surface area contributed by atoms with Gasteiger partial charge in [-0.3, -0.25) is 9.48 Å². The van der Waals surface area contributed by atoms with Crippen molar-refractivity contribution < 1.29 is 19.0 Å². The van der Waals surface area contributed by atoms with Crippen molar-refractivity contribution in [3.63, 3.8) is 0 Å². The van der Waals surface area contributed by atoms with E-state index < -0.39 is 6.10 Å². The molecule has 6 heteroatoms. The van der Waals surface area contributed by atoms with E-state index >= 15 is 0 Å². The quantitative estimate of drug-likeness (QED) is 0.486. The van der Waals surface area contributed by atoms with E-state index in [-0.39, 0.29) is 12.0 Å². The molecule has 0 saturated carbocycles. The van der Waals surface area contributed by atoms with E-state index in [1.807, 2.05) is 50.4 Å². The highest BCUT2D eigenvalue weighted by Crippen LogP contribution is 2.31. The standard InChI is InChI=1S/C19H26N2O4/c1-4-24-14-5-7-18(22)25-19(15(2)21-13-6-12-20-21)16-8-10-17(23-3)11-9-16/h6,8-13,15,19H,4-5,7,14H2,1-3H3/t15-,19+/m1/s1. The van der Waals surface area contributed by atoms with Crippen molar-refractivity contribution in [3.05, 3.63) is 48.3 Å². The molecule has 25 heavy (non-hydrogen) atoms. The number of ether oxygens (including phenoxy) is 3. The molecule has 0 aliphatic carbocycles. The third-order valence-electron chi connectivity index (χ3n) is 3.96. The van der Waals surface area contributed by atoms with Crippen molar-refractivity contribution in [2.24, 2.45) is 0 Å². The number of methoxy groups -OCH3 is 1. The Bertz CT molecular complexity index is 625. The zero-order valence-electron chi connectivity index (χ0n) is 15.1. The number of carbonyl (C=O) groups is 1. The lowest BCUT2D eigenvalue weighted by Gasteiger charge is -2.25. The summed E-state index contributed by atoms with van der Waals surface area (Å²) in [5.74, 6) is 0.525. The van der Waals surface area contributed by atoms with Gasteiger partial charge in [-0.15, -0.1) is 0 Å². The lowest BCUT2D eigenvalue weighted by molar-refractivity contribution is -0.152. The van der Waals surface area contributed by atoms with Crippen LogP contribution in [0, 0.1) is 0 Å². The first kappa shape index (κ1) is 19.0. The van der Waals surface area contributed by atoms with Gasteiger partial charge in [0.15, 0.2) is 0 Å². The van der Waals surface area contributed by atoms with Crippen LogP contribution in [0.5, 0.6) is 5.75 Å². The topological polar surface area (TPSA) is 62.6 Å². The molecule has 0 amide bonds. The summed E-state index contributed by atoms with van der Waals surface area (Å²) in [4.78, 5) is 12.3. The van der Waals surface area contributed by atoms with Gasteiger partial charge in [-0.25, -0.2) is 0 Å². The Hall–Kier alpha value is -2.34. The summed E-state index contributed by atoms with van der Waals surface area (Å²) in [5.41, 5.74) is 0.905. The number of nitrogens with zero attached hydrogens (tertiary/aromatic N) is 2. The van der Waals surface area contributed by atoms with Gasteiger partial charge in [-0.05, 0) is 44.0 Å². The molecule has 0 saturated heterocycles. The van der Waals surface area contributed by atoms with Gasteiger partial charge in [0.25, 0.3) is 0 Å². The van der Waals surface area contributed by atoms with Gasteiger partial charge in [-0.1, -0.05) is 12.1 Å². The van der Waals surface area contributed by atoms with Crippen LogP contribution >= 0.6 is 0 Å². The third-order valence-corrected chi connectivity index (χ3v) is 3.96. The Labute approximate surface area is 148 Å². The Morgan fingerprint density at radius 3 is 2.64 bits per heavy atom. The molecule has 1 aromatic heterocycles. The zero-order valence-corrected chi connectivity index (χ0v) is 15.1. The summed E-state index contributed by atoms with van der Waals surface area (Å²) >= 11 is 0. The van der Waals surface area contributed by atoms with Crippen LogP contribution in [-0.2, 0) is 14.3 Å². The number of esters is 1. The third kappa shape index (κ3) is 5.60. The lowest BCUT2D eigenvalue weighted by Crippen LogP contribution is -2.21. The summed E-state index contributed by atoms with van der Waals surface area (Å²) in [6.07, 6.45) is 4.14. The van der Waals surface area contributed by atoms with Crippen LogP contribution in [0.25, 0.3) is 0 Å². The van der Waals surface area contributed by atoms with E-state index in [0.29, 0.717) is 26.1 Å².